The number of aryl methyl sites for hydroxylation is 1. The van der Waals surface area contributed by atoms with Crippen molar-refractivity contribution in [3.8, 4) is 10.8 Å². The van der Waals surface area contributed by atoms with Crippen LogP contribution in [0.25, 0.3) is 10.8 Å². The molecule has 0 aliphatic rings. The van der Waals surface area contributed by atoms with Crippen LogP contribution >= 0.6 is 35.3 Å². The number of rotatable bonds is 5. The van der Waals surface area contributed by atoms with Gasteiger partial charge in [-0.1, -0.05) is 35.9 Å². The fraction of sp³-hybridized carbons (Fsp3) is 0.222. The first-order chi connectivity index (χ1) is 11.7. The fourth-order valence-electron chi connectivity index (χ4n) is 2.30. The van der Waals surface area contributed by atoms with Gasteiger partial charge in [-0.25, -0.2) is 4.98 Å². The molecule has 1 aromatic carbocycles. The summed E-state index contributed by atoms with van der Waals surface area (Å²) < 4.78 is 5.52. The molecule has 0 saturated heterocycles. The molecule has 0 atom stereocenters. The summed E-state index contributed by atoms with van der Waals surface area (Å²) in [6, 6.07) is 12.4. The van der Waals surface area contributed by atoms with Crippen LogP contribution in [0.5, 0.6) is 0 Å². The second-order valence-corrected chi connectivity index (χ2v) is 6.34. The van der Waals surface area contributed by atoms with Crippen molar-refractivity contribution in [2.45, 2.75) is 20.0 Å². The third-order valence-electron chi connectivity index (χ3n) is 3.49. The highest BCUT2D eigenvalue weighted by Crippen LogP contribution is 2.23. The quantitative estimate of drug-likeness (QED) is 0.335. The Hall–Kier alpha value is -1.87. The lowest BCUT2D eigenvalue weighted by atomic mass is 10.1. The van der Waals surface area contributed by atoms with Crippen molar-refractivity contribution >= 4 is 41.3 Å². The molecule has 132 valence electrons. The topological polar surface area (TPSA) is 62.5 Å². The standard InChI is InChI=1S/C18H20N4OS.HI/c1-13-5-3-6-14(9-13)10-20-18(19-2)21-11-15-12-23-17(22-15)16-7-4-8-24-16;/h3-9,12H,10-11H2,1-2H3,(H2,19,20,21);1H. The lowest BCUT2D eigenvalue weighted by molar-refractivity contribution is 0.573. The van der Waals surface area contributed by atoms with Gasteiger partial charge in [-0.2, -0.15) is 0 Å². The Morgan fingerprint density at radius 3 is 2.76 bits per heavy atom. The van der Waals surface area contributed by atoms with Crippen molar-refractivity contribution in [2.75, 3.05) is 7.05 Å². The van der Waals surface area contributed by atoms with Crippen LogP contribution in [0.2, 0.25) is 0 Å². The monoisotopic (exact) mass is 468 g/mol. The Labute approximate surface area is 168 Å². The van der Waals surface area contributed by atoms with Crippen molar-refractivity contribution < 1.29 is 4.42 Å². The van der Waals surface area contributed by atoms with E-state index < -0.39 is 0 Å². The number of nitrogens with one attached hydrogen (secondary N) is 2. The van der Waals surface area contributed by atoms with Crippen LogP contribution in [0.3, 0.4) is 0 Å². The second kappa shape index (κ2) is 9.57. The molecular weight excluding hydrogens is 447 g/mol. The zero-order valence-corrected chi connectivity index (χ0v) is 17.3. The van der Waals surface area contributed by atoms with Gasteiger partial charge in [-0.05, 0) is 23.9 Å². The van der Waals surface area contributed by atoms with E-state index in [0.29, 0.717) is 12.4 Å². The maximum absolute atomic E-state index is 5.52. The minimum Gasteiger partial charge on any atom is -0.443 e. The molecule has 5 nitrogen and oxygen atoms in total. The molecule has 3 rings (SSSR count). The van der Waals surface area contributed by atoms with Gasteiger partial charge in [0.15, 0.2) is 5.96 Å². The van der Waals surface area contributed by atoms with E-state index in [1.807, 2.05) is 17.5 Å². The molecule has 7 heteroatoms. The maximum Gasteiger partial charge on any atom is 0.236 e. The molecular formula is C18H21IN4OS. The summed E-state index contributed by atoms with van der Waals surface area (Å²) in [5.41, 5.74) is 3.32. The van der Waals surface area contributed by atoms with Gasteiger partial charge in [0.1, 0.15) is 6.26 Å². The van der Waals surface area contributed by atoms with Crippen LogP contribution in [0, 0.1) is 6.92 Å². The molecule has 0 aliphatic carbocycles. The van der Waals surface area contributed by atoms with Crippen LogP contribution in [-0.4, -0.2) is 18.0 Å². The number of benzene rings is 1. The van der Waals surface area contributed by atoms with Gasteiger partial charge in [0.05, 0.1) is 17.1 Å². The lowest BCUT2D eigenvalue weighted by Crippen LogP contribution is -2.36. The van der Waals surface area contributed by atoms with Gasteiger partial charge in [0, 0.05) is 13.6 Å². The van der Waals surface area contributed by atoms with Gasteiger partial charge < -0.3 is 15.1 Å². The van der Waals surface area contributed by atoms with E-state index in [4.69, 9.17) is 4.42 Å². The highest BCUT2D eigenvalue weighted by molar-refractivity contribution is 14.0. The Kier molecular flexibility index (Phi) is 7.45. The molecule has 0 radical (unpaired) electrons. The normalized spacial score (nSPS) is 11.0. The first-order valence-electron chi connectivity index (χ1n) is 7.73. The van der Waals surface area contributed by atoms with Crippen LogP contribution < -0.4 is 10.6 Å². The molecule has 0 amide bonds. The summed E-state index contributed by atoms with van der Waals surface area (Å²) in [4.78, 5) is 9.75. The first-order valence-corrected chi connectivity index (χ1v) is 8.61. The summed E-state index contributed by atoms with van der Waals surface area (Å²) in [7, 11) is 1.76. The van der Waals surface area contributed by atoms with E-state index in [1.165, 1.54) is 11.1 Å². The Bertz CT molecular complexity index is 814. The number of guanidine groups is 1. The largest absolute Gasteiger partial charge is 0.443 e. The van der Waals surface area contributed by atoms with Crippen molar-refractivity contribution in [1.29, 1.82) is 0 Å². The zero-order valence-electron chi connectivity index (χ0n) is 14.2. The van der Waals surface area contributed by atoms with Crippen molar-refractivity contribution in [2.24, 2.45) is 4.99 Å². The molecule has 2 aromatic heterocycles. The SMILES string of the molecule is CN=C(NCc1cccc(C)c1)NCc1coc(-c2cccs2)n1.I. The number of hydrogen-bond acceptors (Lipinski definition) is 4. The third-order valence-corrected chi connectivity index (χ3v) is 4.34. The number of thiophene rings is 1. The molecule has 0 unspecified atom stereocenters. The minimum absolute atomic E-state index is 0. The molecule has 2 heterocycles. The Morgan fingerprint density at radius 2 is 2.04 bits per heavy atom. The number of aromatic nitrogens is 1. The number of aliphatic imine (C=N–C) groups is 1. The van der Waals surface area contributed by atoms with E-state index in [-0.39, 0.29) is 24.0 Å². The fourth-order valence-corrected chi connectivity index (χ4v) is 2.96. The summed E-state index contributed by atoms with van der Waals surface area (Å²) in [5, 5.41) is 8.56. The highest BCUT2D eigenvalue weighted by Gasteiger charge is 2.08. The summed E-state index contributed by atoms with van der Waals surface area (Å²) in [6.45, 7) is 3.37. The lowest BCUT2D eigenvalue weighted by Gasteiger charge is -2.11. The van der Waals surface area contributed by atoms with Gasteiger partial charge in [0.25, 0.3) is 0 Å². The maximum atomic E-state index is 5.52. The van der Waals surface area contributed by atoms with Gasteiger partial charge in [-0.15, -0.1) is 35.3 Å². The molecule has 0 spiro atoms. The Morgan fingerprint density at radius 1 is 1.20 bits per heavy atom. The smallest absolute Gasteiger partial charge is 0.236 e. The predicted octanol–water partition coefficient (Wildman–Crippen LogP) is 4.19. The molecule has 0 aliphatic heterocycles. The molecule has 0 fully saturated rings. The Balaban J connectivity index is 0.00000225. The minimum atomic E-state index is 0. The van der Waals surface area contributed by atoms with Crippen molar-refractivity contribution in [1.82, 2.24) is 15.6 Å². The van der Waals surface area contributed by atoms with Crippen molar-refractivity contribution in [3.05, 3.63) is 64.9 Å². The van der Waals surface area contributed by atoms with Crippen molar-refractivity contribution in [3.63, 3.8) is 0 Å². The number of halogens is 1. The first kappa shape index (κ1) is 19.5. The van der Waals surface area contributed by atoms with E-state index >= 15 is 0 Å². The number of hydrogen-bond donors (Lipinski definition) is 2. The molecule has 0 saturated carbocycles. The van der Waals surface area contributed by atoms with Gasteiger partial charge >= 0.3 is 0 Å². The van der Waals surface area contributed by atoms with E-state index in [9.17, 15) is 0 Å². The van der Waals surface area contributed by atoms with Crippen LogP contribution in [0.15, 0.2) is 57.5 Å². The molecule has 3 aromatic rings. The van der Waals surface area contributed by atoms with E-state index in [2.05, 4.69) is 51.8 Å². The summed E-state index contributed by atoms with van der Waals surface area (Å²) >= 11 is 1.61. The summed E-state index contributed by atoms with van der Waals surface area (Å²) in [6.07, 6.45) is 1.68. The average molecular weight is 468 g/mol. The van der Waals surface area contributed by atoms with E-state index in [1.54, 1.807) is 24.6 Å². The van der Waals surface area contributed by atoms with Crippen LogP contribution in [0.1, 0.15) is 16.8 Å². The molecule has 2 N–H and O–H groups in total. The zero-order chi connectivity index (χ0) is 16.8. The van der Waals surface area contributed by atoms with Gasteiger partial charge in [0.2, 0.25) is 5.89 Å². The predicted molar refractivity (Wildman–Crippen MR) is 113 cm³/mol. The second-order valence-electron chi connectivity index (χ2n) is 5.39. The average Bonchev–Trinajstić information content (AvgIpc) is 3.26. The highest BCUT2D eigenvalue weighted by atomic mass is 127. The third kappa shape index (κ3) is 5.57. The van der Waals surface area contributed by atoms with E-state index in [0.717, 1.165) is 23.1 Å². The number of nitrogens with zero attached hydrogens (tertiary/aromatic N) is 2. The summed E-state index contributed by atoms with van der Waals surface area (Å²) in [5.74, 6) is 1.39. The van der Waals surface area contributed by atoms with Gasteiger partial charge in [-0.3, -0.25) is 4.99 Å². The van der Waals surface area contributed by atoms with Crippen LogP contribution in [0.4, 0.5) is 0 Å². The molecule has 0 bridgehead atoms. The molecule has 25 heavy (non-hydrogen) atoms. The number of oxazole rings is 1. The van der Waals surface area contributed by atoms with Crippen LogP contribution in [-0.2, 0) is 13.1 Å².